The summed E-state index contributed by atoms with van der Waals surface area (Å²) in [5.41, 5.74) is 2.27. The zero-order valence-corrected chi connectivity index (χ0v) is 11.8. The van der Waals surface area contributed by atoms with Crippen LogP contribution in [0.5, 0.6) is 5.75 Å². The lowest BCUT2D eigenvalue weighted by Crippen LogP contribution is -1.98. The standard InChI is InChI=1S/C17H14O4/c1-11-5-6-15(19-2)14(8-11)16-10-12(17(18)21-16)9-13-4-3-7-20-13/h3-10H,1-2H3. The minimum atomic E-state index is -0.398. The van der Waals surface area contributed by atoms with Crippen molar-refractivity contribution in [2.24, 2.45) is 0 Å². The van der Waals surface area contributed by atoms with Crippen molar-refractivity contribution in [3.05, 3.63) is 65.1 Å². The molecule has 4 heteroatoms. The van der Waals surface area contributed by atoms with Gasteiger partial charge in [-0.2, -0.15) is 0 Å². The molecule has 4 nitrogen and oxygen atoms in total. The van der Waals surface area contributed by atoms with Crippen molar-refractivity contribution in [2.75, 3.05) is 7.11 Å². The van der Waals surface area contributed by atoms with E-state index in [9.17, 15) is 4.79 Å². The SMILES string of the molecule is COc1ccc(C)cc1C1=CC(=Cc2ccco2)C(=O)O1. The highest BCUT2D eigenvalue weighted by molar-refractivity contribution is 6.05. The maximum Gasteiger partial charge on any atom is 0.343 e. The molecule has 1 aromatic heterocycles. The molecule has 0 fully saturated rings. The number of carbonyl (C=O) groups excluding carboxylic acids is 1. The number of furan rings is 1. The van der Waals surface area contributed by atoms with Gasteiger partial charge in [-0.3, -0.25) is 0 Å². The summed E-state index contributed by atoms with van der Waals surface area (Å²) in [5.74, 6) is 1.36. The predicted octanol–water partition coefficient (Wildman–Crippen LogP) is 3.58. The molecular formula is C17H14O4. The minimum absolute atomic E-state index is 0.398. The molecule has 1 aromatic carbocycles. The van der Waals surface area contributed by atoms with Crippen LogP contribution in [0.4, 0.5) is 0 Å². The smallest absolute Gasteiger partial charge is 0.343 e. The molecule has 0 atom stereocenters. The second-order valence-corrected chi connectivity index (χ2v) is 4.72. The van der Waals surface area contributed by atoms with Crippen LogP contribution in [0.3, 0.4) is 0 Å². The fourth-order valence-electron chi connectivity index (χ4n) is 2.16. The topological polar surface area (TPSA) is 48.7 Å². The van der Waals surface area contributed by atoms with Gasteiger partial charge in [0.15, 0.2) is 0 Å². The molecule has 0 unspecified atom stereocenters. The molecule has 2 aromatic rings. The predicted molar refractivity (Wildman–Crippen MR) is 78.5 cm³/mol. The molecule has 0 N–H and O–H groups in total. The Kier molecular flexibility index (Phi) is 3.36. The van der Waals surface area contributed by atoms with E-state index in [0.29, 0.717) is 22.8 Å². The lowest BCUT2D eigenvalue weighted by atomic mass is 10.1. The van der Waals surface area contributed by atoms with E-state index in [-0.39, 0.29) is 0 Å². The third kappa shape index (κ3) is 2.60. The van der Waals surface area contributed by atoms with Gasteiger partial charge in [0.05, 0.1) is 24.5 Å². The normalized spacial score (nSPS) is 16.0. The molecular weight excluding hydrogens is 268 g/mol. The molecule has 1 aliphatic rings. The molecule has 0 saturated heterocycles. The lowest BCUT2D eigenvalue weighted by molar-refractivity contribution is -0.130. The van der Waals surface area contributed by atoms with Gasteiger partial charge in [-0.05, 0) is 43.3 Å². The van der Waals surface area contributed by atoms with Crippen LogP contribution in [0, 0.1) is 6.92 Å². The highest BCUT2D eigenvalue weighted by atomic mass is 16.5. The Labute approximate surface area is 122 Å². The number of esters is 1. The molecule has 0 amide bonds. The summed E-state index contributed by atoms with van der Waals surface area (Å²) in [6, 6.07) is 9.26. The van der Waals surface area contributed by atoms with Crippen molar-refractivity contribution in [1.29, 1.82) is 0 Å². The molecule has 0 saturated carbocycles. The average Bonchev–Trinajstić information content (AvgIpc) is 3.10. The van der Waals surface area contributed by atoms with E-state index < -0.39 is 5.97 Å². The van der Waals surface area contributed by atoms with Gasteiger partial charge < -0.3 is 13.9 Å². The van der Waals surface area contributed by atoms with Gasteiger partial charge in [-0.15, -0.1) is 0 Å². The Balaban J connectivity index is 2.01. The van der Waals surface area contributed by atoms with E-state index in [1.165, 1.54) is 0 Å². The lowest BCUT2D eigenvalue weighted by Gasteiger charge is -2.09. The Hall–Kier alpha value is -2.75. The molecule has 0 aliphatic carbocycles. The number of aryl methyl sites for hydroxylation is 1. The van der Waals surface area contributed by atoms with Crippen molar-refractivity contribution in [2.45, 2.75) is 6.92 Å². The van der Waals surface area contributed by atoms with Crippen molar-refractivity contribution in [3.8, 4) is 5.75 Å². The fraction of sp³-hybridized carbons (Fsp3) is 0.118. The number of carbonyl (C=O) groups is 1. The first-order chi connectivity index (χ1) is 10.2. The Bertz CT molecular complexity index is 736. The molecule has 1 aliphatic heterocycles. The maximum atomic E-state index is 11.9. The van der Waals surface area contributed by atoms with E-state index in [2.05, 4.69) is 0 Å². The van der Waals surface area contributed by atoms with Gasteiger partial charge in [0.25, 0.3) is 0 Å². The minimum Gasteiger partial charge on any atom is -0.496 e. The van der Waals surface area contributed by atoms with E-state index in [4.69, 9.17) is 13.9 Å². The Morgan fingerprint density at radius 2 is 2.10 bits per heavy atom. The van der Waals surface area contributed by atoms with Crippen LogP contribution in [0.25, 0.3) is 11.8 Å². The summed E-state index contributed by atoms with van der Waals surface area (Å²) < 4.78 is 15.9. The van der Waals surface area contributed by atoms with Crippen LogP contribution in [0.2, 0.25) is 0 Å². The first kappa shape index (κ1) is 13.2. The van der Waals surface area contributed by atoms with Gasteiger partial charge in [-0.1, -0.05) is 11.6 Å². The quantitative estimate of drug-likeness (QED) is 0.637. The van der Waals surface area contributed by atoms with Gasteiger partial charge in [0.1, 0.15) is 17.3 Å². The van der Waals surface area contributed by atoms with Crippen molar-refractivity contribution in [1.82, 2.24) is 0 Å². The molecule has 0 spiro atoms. The van der Waals surface area contributed by atoms with Gasteiger partial charge in [0, 0.05) is 0 Å². The summed E-state index contributed by atoms with van der Waals surface area (Å²) in [6.45, 7) is 1.97. The molecule has 3 rings (SSSR count). The first-order valence-corrected chi connectivity index (χ1v) is 6.51. The number of benzene rings is 1. The van der Waals surface area contributed by atoms with E-state index >= 15 is 0 Å². The summed E-state index contributed by atoms with van der Waals surface area (Å²) in [7, 11) is 1.59. The van der Waals surface area contributed by atoms with Crippen molar-refractivity contribution < 1.29 is 18.7 Å². The summed E-state index contributed by atoms with van der Waals surface area (Å²) in [5, 5.41) is 0. The van der Waals surface area contributed by atoms with Crippen molar-refractivity contribution >= 4 is 17.8 Å². The number of methoxy groups -OCH3 is 1. The van der Waals surface area contributed by atoms with Crippen LogP contribution >= 0.6 is 0 Å². The second kappa shape index (κ2) is 5.32. The average molecular weight is 282 g/mol. The van der Waals surface area contributed by atoms with E-state index in [0.717, 1.165) is 11.1 Å². The zero-order valence-electron chi connectivity index (χ0n) is 11.8. The highest BCUT2D eigenvalue weighted by Gasteiger charge is 2.24. The van der Waals surface area contributed by atoms with Crippen LogP contribution < -0.4 is 4.74 Å². The molecule has 21 heavy (non-hydrogen) atoms. The maximum absolute atomic E-state index is 11.9. The molecule has 2 heterocycles. The number of cyclic esters (lactones) is 1. The third-order valence-corrected chi connectivity index (χ3v) is 3.19. The number of hydrogen-bond donors (Lipinski definition) is 0. The van der Waals surface area contributed by atoms with Crippen LogP contribution in [-0.4, -0.2) is 13.1 Å². The van der Waals surface area contributed by atoms with E-state index in [1.807, 2.05) is 25.1 Å². The summed E-state index contributed by atoms with van der Waals surface area (Å²) in [6.07, 6.45) is 4.90. The first-order valence-electron chi connectivity index (χ1n) is 6.51. The number of ether oxygens (including phenoxy) is 2. The molecule has 106 valence electrons. The Morgan fingerprint density at radius 1 is 1.24 bits per heavy atom. The Morgan fingerprint density at radius 3 is 2.81 bits per heavy atom. The largest absolute Gasteiger partial charge is 0.496 e. The van der Waals surface area contributed by atoms with Crippen LogP contribution in [-0.2, 0) is 9.53 Å². The third-order valence-electron chi connectivity index (χ3n) is 3.19. The van der Waals surface area contributed by atoms with Crippen LogP contribution in [0.1, 0.15) is 16.9 Å². The summed E-state index contributed by atoms with van der Waals surface area (Å²) in [4.78, 5) is 11.9. The summed E-state index contributed by atoms with van der Waals surface area (Å²) >= 11 is 0. The monoisotopic (exact) mass is 282 g/mol. The fourth-order valence-corrected chi connectivity index (χ4v) is 2.16. The molecule has 0 bridgehead atoms. The second-order valence-electron chi connectivity index (χ2n) is 4.72. The van der Waals surface area contributed by atoms with Crippen molar-refractivity contribution in [3.63, 3.8) is 0 Å². The van der Waals surface area contributed by atoms with Gasteiger partial charge >= 0.3 is 5.97 Å². The number of rotatable bonds is 3. The number of hydrogen-bond acceptors (Lipinski definition) is 4. The van der Waals surface area contributed by atoms with E-state index in [1.54, 1.807) is 37.7 Å². The highest BCUT2D eigenvalue weighted by Crippen LogP contribution is 2.33. The van der Waals surface area contributed by atoms with Crippen LogP contribution in [0.15, 0.2) is 52.7 Å². The van der Waals surface area contributed by atoms with Gasteiger partial charge in [0.2, 0.25) is 0 Å². The zero-order chi connectivity index (χ0) is 14.8. The van der Waals surface area contributed by atoms with Gasteiger partial charge in [-0.25, -0.2) is 4.79 Å². The molecule has 0 radical (unpaired) electrons.